The van der Waals surface area contributed by atoms with Gasteiger partial charge in [0.05, 0.1) is 0 Å². The smallest absolute Gasteiger partial charge is 0.407 e. The molecular formula is C22H36N2O4. The third-order valence-electron chi connectivity index (χ3n) is 3.03. The van der Waals surface area contributed by atoms with Crippen LogP contribution in [0.25, 0.3) is 0 Å². The molecule has 0 aromatic carbocycles. The lowest BCUT2D eigenvalue weighted by molar-refractivity contribution is 0.0515. The quantitative estimate of drug-likeness (QED) is 0.475. The lowest BCUT2D eigenvalue weighted by Crippen LogP contribution is -2.32. The molecule has 0 atom stereocenters. The Labute approximate surface area is 170 Å². The number of alkyl carbamates (subject to hydrolysis) is 2. The zero-order valence-corrected chi connectivity index (χ0v) is 18.3. The second-order valence-corrected chi connectivity index (χ2v) is 8.38. The van der Waals surface area contributed by atoms with Crippen molar-refractivity contribution in [1.29, 1.82) is 0 Å². The average molecular weight is 393 g/mol. The van der Waals surface area contributed by atoms with Crippen LogP contribution in [0.2, 0.25) is 0 Å². The summed E-state index contributed by atoms with van der Waals surface area (Å²) in [6, 6.07) is 0. The highest BCUT2D eigenvalue weighted by molar-refractivity contribution is 5.67. The van der Waals surface area contributed by atoms with Crippen LogP contribution >= 0.6 is 0 Å². The van der Waals surface area contributed by atoms with E-state index in [4.69, 9.17) is 9.47 Å². The van der Waals surface area contributed by atoms with Gasteiger partial charge in [0.15, 0.2) is 0 Å². The zero-order chi connectivity index (χ0) is 21.5. The monoisotopic (exact) mass is 392 g/mol. The summed E-state index contributed by atoms with van der Waals surface area (Å²) < 4.78 is 10.3. The summed E-state index contributed by atoms with van der Waals surface area (Å²) in [5.41, 5.74) is -0.939. The maximum Gasteiger partial charge on any atom is 0.407 e. The van der Waals surface area contributed by atoms with Crippen molar-refractivity contribution in [1.82, 2.24) is 10.6 Å². The number of carbonyl (C=O) groups excluding carboxylic acids is 2. The molecule has 0 bridgehead atoms. The van der Waals surface area contributed by atoms with E-state index in [2.05, 4.69) is 34.3 Å². The molecule has 0 rings (SSSR count). The molecule has 0 saturated heterocycles. The summed E-state index contributed by atoms with van der Waals surface area (Å²) in [5, 5.41) is 5.44. The molecule has 0 aliphatic heterocycles. The van der Waals surface area contributed by atoms with Crippen LogP contribution in [0.5, 0.6) is 0 Å². The first-order valence-corrected chi connectivity index (χ1v) is 9.89. The first-order valence-electron chi connectivity index (χ1n) is 9.89. The molecule has 0 saturated carbocycles. The minimum absolute atomic E-state index is 0.384. The van der Waals surface area contributed by atoms with Crippen molar-refractivity contribution in [2.24, 2.45) is 0 Å². The molecule has 6 heteroatoms. The van der Waals surface area contributed by atoms with Gasteiger partial charge in [-0.25, -0.2) is 9.59 Å². The maximum atomic E-state index is 11.4. The summed E-state index contributed by atoms with van der Waals surface area (Å²) in [7, 11) is 0. The van der Waals surface area contributed by atoms with E-state index < -0.39 is 11.2 Å². The van der Waals surface area contributed by atoms with Gasteiger partial charge in [0.2, 0.25) is 0 Å². The average Bonchev–Trinajstić information content (AvgIpc) is 2.51. The van der Waals surface area contributed by atoms with Crippen molar-refractivity contribution in [2.75, 3.05) is 13.1 Å². The molecule has 0 aromatic heterocycles. The van der Waals surface area contributed by atoms with E-state index in [0.717, 1.165) is 38.5 Å². The molecule has 28 heavy (non-hydrogen) atoms. The third-order valence-corrected chi connectivity index (χ3v) is 3.03. The van der Waals surface area contributed by atoms with Crippen LogP contribution in [-0.4, -0.2) is 36.5 Å². The van der Waals surface area contributed by atoms with Crippen LogP contribution in [0.1, 0.15) is 80.1 Å². The van der Waals surface area contributed by atoms with Crippen molar-refractivity contribution in [3.8, 4) is 23.7 Å². The molecule has 0 unspecified atom stereocenters. The van der Waals surface area contributed by atoms with E-state index in [0.29, 0.717) is 13.1 Å². The SMILES string of the molecule is CC(C)(C)OC(=O)NCCCCC#CC#CCCCCNC(=O)OC(C)(C)C. The highest BCUT2D eigenvalue weighted by Gasteiger charge is 2.15. The Hall–Kier alpha value is -2.34. The number of hydrogen-bond acceptors (Lipinski definition) is 4. The van der Waals surface area contributed by atoms with E-state index >= 15 is 0 Å². The van der Waals surface area contributed by atoms with Gasteiger partial charge in [0, 0.05) is 25.9 Å². The van der Waals surface area contributed by atoms with Crippen LogP contribution in [-0.2, 0) is 9.47 Å². The summed E-state index contributed by atoms with van der Waals surface area (Å²) in [6.07, 6.45) is 4.26. The fourth-order valence-corrected chi connectivity index (χ4v) is 1.90. The molecular weight excluding hydrogens is 356 g/mol. The van der Waals surface area contributed by atoms with E-state index in [-0.39, 0.29) is 12.2 Å². The lowest BCUT2D eigenvalue weighted by atomic mass is 10.2. The minimum atomic E-state index is -0.469. The number of ether oxygens (including phenoxy) is 2. The zero-order valence-electron chi connectivity index (χ0n) is 18.3. The summed E-state index contributed by atoms with van der Waals surface area (Å²) in [5.74, 6) is 11.7. The van der Waals surface area contributed by atoms with Crippen molar-refractivity contribution >= 4 is 12.2 Å². The summed E-state index contributed by atoms with van der Waals surface area (Å²) in [4.78, 5) is 22.9. The molecule has 158 valence electrons. The Balaban J connectivity index is 3.59. The van der Waals surface area contributed by atoms with E-state index in [1.165, 1.54) is 0 Å². The van der Waals surface area contributed by atoms with Gasteiger partial charge in [-0.05, 0) is 79.1 Å². The Kier molecular flexibility index (Phi) is 12.6. The first kappa shape index (κ1) is 25.7. The number of nitrogens with one attached hydrogen (secondary N) is 2. The maximum absolute atomic E-state index is 11.4. The summed E-state index contributed by atoms with van der Waals surface area (Å²) >= 11 is 0. The Morgan fingerprint density at radius 2 is 1.04 bits per heavy atom. The van der Waals surface area contributed by atoms with Gasteiger partial charge in [-0.2, -0.15) is 0 Å². The predicted octanol–water partition coefficient (Wildman–Crippen LogP) is 4.38. The number of hydrogen-bond donors (Lipinski definition) is 2. The molecule has 0 heterocycles. The largest absolute Gasteiger partial charge is 0.444 e. The number of carbonyl (C=O) groups is 2. The molecule has 0 radical (unpaired) electrons. The number of amides is 2. The molecule has 0 aliphatic carbocycles. The van der Waals surface area contributed by atoms with E-state index in [1.807, 2.05) is 41.5 Å². The molecule has 0 fully saturated rings. The standard InChI is InChI=1S/C22H36N2O4/c1-21(2,3)27-19(25)23-17-15-13-11-9-7-8-10-12-14-16-18-24-20(26)28-22(4,5)6/h11-18H2,1-6H3,(H,23,25)(H,24,26). The normalized spacial score (nSPS) is 10.6. The predicted molar refractivity (Wildman–Crippen MR) is 112 cm³/mol. The van der Waals surface area contributed by atoms with Crippen LogP contribution in [0.4, 0.5) is 9.59 Å². The second-order valence-electron chi connectivity index (χ2n) is 8.38. The molecule has 2 N–H and O–H groups in total. The molecule has 2 amide bonds. The van der Waals surface area contributed by atoms with Crippen molar-refractivity contribution < 1.29 is 19.1 Å². The van der Waals surface area contributed by atoms with Crippen LogP contribution in [0.3, 0.4) is 0 Å². The van der Waals surface area contributed by atoms with Crippen LogP contribution < -0.4 is 10.6 Å². The lowest BCUT2D eigenvalue weighted by Gasteiger charge is -2.19. The first-order chi connectivity index (χ1) is 13.0. The van der Waals surface area contributed by atoms with E-state index in [9.17, 15) is 9.59 Å². The summed E-state index contributed by atoms with van der Waals surface area (Å²) in [6.45, 7) is 12.2. The van der Waals surface area contributed by atoms with Gasteiger partial charge in [0.25, 0.3) is 0 Å². The van der Waals surface area contributed by atoms with Crippen molar-refractivity contribution in [3.63, 3.8) is 0 Å². The molecule has 0 aliphatic rings. The van der Waals surface area contributed by atoms with Gasteiger partial charge in [0.1, 0.15) is 11.2 Å². The van der Waals surface area contributed by atoms with Crippen molar-refractivity contribution in [3.05, 3.63) is 0 Å². The fraction of sp³-hybridized carbons (Fsp3) is 0.727. The number of rotatable bonds is 8. The van der Waals surface area contributed by atoms with Gasteiger partial charge >= 0.3 is 12.2 Å². The van der Waals surface area contributed by atoms with E-state index in [1.54, 1.807) is 0 Å². The van der Waals surface area contributed by atoms with Crippen LogP contribution in [0, 0.1) is 23.7 Å². The van der Waals surface area contributed by atoms with Gasteiger partial charge in [-0.3, -0.25) is 0 Å². The van der Waals surface area contributed by atoms with Gasteiger partial charge in [-0.1, -0.05) is 11.8 Å². The van der Waals surface area contributed by atoms with Crippen LogP contribution in [0.15, 0.2) is 0 Å². The molecule has 0 aromatic rings. The topological polar surface area (TPSA) is 76.7 Å². The van der Waals surface area contributed by atoms with Gasteiger partial charge < -0.3 is 20.1 Å². The second kappa shape index (κ2) is 13.8. The fourth-order valence-electron chi connectivity index (χ4n) is 1.90. The number of unbranched alkanes of at least 4 members (excludes halogenated alkanes) is 4. The molecule has 6 nitrogen and oxygen atoms in total. The van der Waals surface area contributed by atoms with Gasteiger partial charge in [-0.15, -0.1) is 0 Å². The van der Waals surface area contributed by atoms with Crippen molar-refractivity contribution in [2.45, 2.75) is 91.3 Å². The highest BCUT2D eigenvalue weighted by atomic mass is 16.6. The Bertz CT molecular complexity index is 538. The highest BCUT2D eigenvalue weighted by Crippen LogP contribution is 2.07. The third kappa shape index (κ3) is 20.0. The molecule has 0 spiro atoms. The Morgan fingerprint density at radius 3 is 1.36 bits per heavy atom. The Morgan fingerprint density at radius 1 is 0.679 bits per heavy atom. The minimum Gasteiger partial charge on any atom is -0.444 e.